The summed E-state index contributed by atoms with van der Waals surface area (Å²) in [6.07, 6.45) is 1.59. The normalized spacial score (nSPS) is 11.9. The second kappa shape index (κ2) is 6.13. The third-order valence-corrected chi connectivity index (χ3v) is 3.10. The van der Waals surface area contributed by atoms with Gasteiger partial charge >= 0.3 is 0 Å². The van der Waals surface area contributed by atoms with Crippen molar-refractivity contribution in [2.45, 2.75) is 19.9 Å². The van der Waals surface area contributed by atoms with Crippen LogP contribution in [0.25, 0.3) is 0 Å². The number of rotatable bonds is 2. The highest BCUT2D eigenvalue weighted by atomic mass is 79.9. The third kappa shape index (κ3) is 3.22. The Labute approximate surface area is 124 Å². The molecule has 2 aromatic rings. The molecule has 0 aliphatic carbocycles. The number of carbonyl (C=O) groups is 1. The largest absolute Gasteiger partial charge is 0.268 e. The lowest BCUT2D eigenvalue weighted by Crippen LogP contribution is -2.28. The van der Waals surface area contributed by atoms with E-state index in [1.165, 1.54) is 16.7 Å². The average molecular weight is 337 g/mol. The maximum absolute atomic E-state index is 13.8. The maximum atomic E-state index is 13.8. The quantitative estimate of drug-likeness (QED) is 0.827. The first kappa shape index (κ1) is 14.7. The Morgan fingerprint density at radius 2 is 2.05 bits per heavy atom. The Bertz CT molecular complexity index is 707. The van der Waals surface area contributed by atoms with Crippen LogP contribution in [0.4, 0.5) is 4.39 Å². The predicted molar refractivity (Wildman–Crippen MR) is 79.0 cm³/mol. The monoisotopic (exact) mass is 336 g/mol. The lowest BCUT2D eigenvalue weighted by atomic mass is 10.2. The standard InChI is InChI=1S/C15H14BrFN2O/c1-10(2)18-14-5-3-4-8-19(14)15(20)12-9-11(16)6-7-13(12)17/h3-10H,1-2H3. The van der Waals surface area contributed by atoms with Gasteiger partial charge in [-0.1, -0.05) is 22.0 Å². The highest BCUT2D eigenvalue weighted by Crippen LogP contribution is 2.16. The summed E-state index contributed by atoms with van der Waals surface area (Å²) in [5, 5.41) is 0. The Kier molecular flexibility index (Phi) is 4.49. The number of hydrogen-bond acceptors (Lipinski definition) is 2. The van der Waals surface area contributed by atoms with Crippen molar-refractivity contribution in [1.29, 1.82) is 0 Å². The molecular formula is C15H14BrFN2O. The molecule has 1 heterocycles. The molecule has 1 aromatic heterocycles. The number of halogens is 2. The van der Waals surface area contributed by atoms with Gasteiger partial charge in [0.05, 0.1) is 5.56 Å². The first-order chi connectivity index (χ1) is 9.49. The van der Waals surface area contributed by atoms with Crippen molar-refractivity contribution in [1.82, 2.24) is 4.57 Å². The number of nitrogens with zero attached hydrogens (tertiary/aromatic N) is 2. The summed E-state index contributed by atoms with van der Waals surface area (Å²) in [4.78, 5) is 16.8. The Hall–Kier alpha value is -1.75. The first-order valence-electron chi connectivity index (χ1n) is 6.20. The fourth-order valence-corrected chi connectivity index (χ4v) is 2.13. The van der Waals surface area contributed by atoms with E-state index in [9.17, 15) is 9.18 Å². The van der Waals surface area contributed by atoms with E-state index >= 15 is 0 Å². The van der Waals surface area contributed by atoms with Gasteiger partial charge < -0.3 is 0 Å². The zero-order valence-corrected chi connectivity index (χ0v) is 12.8. The molecule has 0 saturated heterocycles. The maximum Gasteiger partial charge on any atom is 0.266 e. The molecule has 0 radical (unpaired) electrons. The Morgan fingerprint density at radius 3 is 2.75 bits per heavy atom. The Morgan fingerprint density at radius 1 is 1.30 bits per heavy atom. The second-order valence-corrected chi connectivity index (χ2v) is 5.50. The first-order valence-corrected chi connectivity index (χ1v) is 6.99. The number of carbonyl (C=O) groups excluding carboxylic acids is 1. The number of hydrogen-bond donors (Lipinski definition) is 0. The van der Waals surface area contributed by atoms with Crippen LogP contribution >= 0.6 is 15.9 Å². The second-order valence-electron chi connectivity index (χ2n) is 4.58. The molecule has 0 unspecified atom stereocenters. The molecule has 104 valence electrons. The molecule has 0 aliphatic heterocycles. The van der Waals surface area contributed by atoms with Crippen LogP contribution in [0.5, 0.6) is 0 Å². The van der Waals surface area contributed by atoms with Crippen LogP contribution in [0.3, 0.4) is 0 Å². The van der Waals surface area contributed by atoms with E-state index in [1.807, 2.05) is 13.8 Å². The van der Waals surface area contributed by atoms with E-state index < -0.39 is 11.7 Å². The summed E-state index contributed by atoms with van der Waals surface area (Å²) in [7, 11) is 0. The topological polar surface area (TPSA) is 34.4 Å². The van der Waals surface area contributed by atoms with E-state index in [1.54, 1.807) is 30.5 Å². The van der Waals surface area contributed by atoms with Gasteiger partial charge in [-0.05, 0) is 44.2 Å². The van der Waals surface area contributed by atoms with E-state index in [0.717, 1.165) is 0 Å². The van der Waals surface area contributed by atoms with Gasteiger partial charge in [-0.3, -0.25) is 14.4 Å². The summed E-state index contributed by atoms with van der Waals surface area (Å²) < 4.78 is 15.8. The molecule has 1 aromatic carbocycles. The number of aromatic nitrogens is 1. The summed E-state index contributed by atoms with van der Waals surface area (Å²) in [5.41, 5.74) is 0.516. The summed E-state index contributed by atoms with van der Waals surface area (Å²) >= 11 is 3.24. The summed E-state index contributed by atoms with van der Waals surface area (Å²) in [5.74, 6) is -0.992. The van der Waals surface area contributed by atoms with Gasteiger partial charge in [-0.2, -0.15) is 0 Å². The lowest BCUT2D eigenvalue weighted by Gasteiger charge is -2.08. The zero-order chi connectivity index (χ0) is 14.7. The van der Waals surface area contributed by atoms with Gasteiger partial charge in [0.15, 0.2) is 0 Å². The molecule has 0 aliphatic rings. The fourth-order valence-electron chi connectivity index (χ4n) is 1.77. The highest BCUT2D eigenvalue weighted by molar-refractivity contribution is 9.10. The van der Waals surface area contributed by atoms with Gasteiger partial charge in [0.1, 0.15) is 11.3 Å². The van der Waals surface area contributed by atoms with Gasteiger partial charge in [0.25, 0.3) is 5.91 Å². The summed E-state index contributed by atoms with van der Waals surface area (Å²) in [6, 6.07) is 9.57. The van der Waals surface area contributed by atoms with E-state index in [2.05, 4.69) is 20.9 Å². The predicted octanol–water partition coefficient (Wildman–Crippen LogP) is 3.39. The SMILES string of the molecule is CC(C)N=c1ccccn1C(=O)c1cc(Br)ccc1F. The molecule has 0 amide bonds. The van der Waals surface area contributed by atoms with Crippen LogP contribution in [0, 0.1) is 5.82 Å². The van der Waals surface area contributed by atoms with E-state index in [-0.39, 0.29) is 11.6 Å². The number of benzene rings is 1. The summed E-state index contributed by atoms with van der Waals surface area (Å²) in [6.45, 7) is 3.84. The van der Waals surface area contributed by atoms with Crippen LogP contribution < -0.4 is 5.49 Å². The molecule has 0 spiro atoms. The third-order valence-electron chi connectivity index (χ3n) is 2.61. The average Bonchev–Trinajstić information content (AvgIpc) is 2.41. The number of pyridine rings is 1. The van der Waals surface area contributed by atoms with Gasteiger partial charge in [0.2, 0.25) is 0 Å². The highest BCUT2D eigenvalue weighted by Gasteiger charge is 2.14. The fraction of sp³-hybridized carbons (Fsp3) is 0.200. The molecule has 0 fully saturated rings. The molecule has 2 rings (SSSR count). The van der Waals surface area contributed by atoms with Gasteiger partial charge in [-0.25, -0.2) is 4.39 Å². The van der Waals surface area contributed by atoms with Crippen molar-refractivity contribution >= 4 is 21.8 Å². The van der Waals surface area contributed by atoms with Crippen molar-refractivity contribution in [2.75, 3.05) is 0 Å². The van der Waals surface area contributed by atoms with Crippen molar-refractivity contribution in [3.05, 3.63) is 63.9 Å². The van der Waals surface area contributed by atoms with Crippen LogP contribution in [0.15, 0.2) is 52.1 Å². The van der Waals surface area contributed by atoms with E-state index in [0.29, 0.717) is 9.96 Å². The van der Waals surface area contributed by atoms with Crippen LogP contribution in [0.2, 0.25) is 0 Å². The van der Waals surface area contributed by atoms with Gasteiger partial charge in [-0.15, -0.1) is 0 Å². The molecular weight excluding hydrogens is 323 g/mol. The van der Waals surface area contributed by atoms with Crippen molar-refractivity contribution in [3.63, 3.8) is 0 Å². The van der Waals surface area contributed by atoms with Crippen molar-refractivity contribution in [2.24, 2.45) is 4.99 Å². The molecule has 0 saturated carbocycles. The molecule has 0 bridgehead atoms. The van der Waals surface area contributed by atoms with Crippen LogP contribution in [0.1, 0.15) is 24.2 Å². The van der Waals surface area contributed by atoms with Gasteiger partial charge in [0, 0.05) is 16.7 Å². The van der Waals surface area contributed by atoms with Crippen molar-refractivity contribution < 1.29 is 9.18 Å². The minimum atomic E-state index is -0.551. The molecule has 3 nitrogen and oxygen atoms in total. The minimum Gasteiger partial charge on any atom is -0.268 e. The molecule has 20 heavy (non-hydrogen) atoms. The lowest BCUT2D eigenvalue weighted by molar-refractivity contribution is 0.0950. The van der Waals surface area contributed by atoms with Crippen LogP contribution in [-0.4, -0.2) is 16.5 Å². The van der Waals surface area contributed by atoms with Crippen LogP contribution in [-0.2, 0) is 0 Å². The smallest absolute Gasteiger partial charge is 0.266 e. The molecule has 5 heteroatoms. The zero-order valence-electron chi connectivity index (χ0n) is 11.2. The van der Waals surface area contributed by atoms with E-state index in [4.69, 9.17) is 0 Å². The molecule has 0 N–H and O–H groups in total. The Balaban J connectivity index is 2.57. The molecule has 0 atom stereocenters. The minimum absolute atomic E-state index is 0.00998. The van der Waals surface area contributed by atoms with Crippen molar-refractivity contribution in [3.8, 4) is 0 Å².